The van der Waals surface area contributed by atoms with E-state index in [0.29, 0.717) is 6.42 Å². The third-order valence-corrected chi connectivity index (χ3v) is 11.5. The van der Waals surface area contributed by atoms with Crippen molar-refractivity contribution in [2.45, 2.75) is 63.1 Å². The Bertz CT molecular complexity index is 773. The van der Waals surface area contributed by atoms with Gasteiger partial charge in [-0.05, 0) is 24.2 Å². The molecule has 0 unspecified atom stereocenters. The third kappa shape index (κ3) is 2.47. The molecule has 0 aliphatic carbocycles. The summed E-state index contributed by atoms with van der Waals surface area (Å²) in [7, 11) is -0.262. The smallest absolute Gasteiger partial charge is 0.245 e. The average molecular weight is 388 g/mol. The van der Waals surface area contributed by atoms with Gasteiger partial charge < -0.3 is 19.5 Å². The predicted octanol–water partition coefficient (Wildman–Crippen LogP) is 2.73. The maximum absolute atomic E-state index is 12.9. The summed E-state index contributed by atoms with van der Waals surface area (Å²) >= 11 is 0. The number of carbonyl (C=O) groups is 2. The number of hydrogen-bond acceptors (Lipinski definition) is 4. The Kier molecular flexibility index (Phi) is 4.34. The molecule has 3 atom stereocenters. The summed E-state index contributed by atoms with van der Waals surface area (Å²) in [5, 5.41) is 3.53. The minimum Gasteiger partial charge on any atom is -0.403 e. The molecule has 0 saturated carbocycles. The molecule has 3 aliphatic rings. The molecular weight excluding hydrogens is 358 g/mol. The standard InChI is InChI=1S/C20H29N3O3Si/c1-5-27(6-2,7-3)26-20-12-16-18(25)22(4)13-17(24)23(16)19(20)21-15-11-9-8-10-14(15)20/h8-11,16,19,21H,5-7,12-13H2,1-4H3/t16-,19+,20-/m0/s1. The fourth-order valence-electron chi connectivity index (χ4n) is 5.12. The second-order valence-electron chi connectivity index (χ2n) is 8.04. The van der Waals surface area contributed by atoms with Crippen molar-refractivity contribution in [3.8, 4) is 0 Å². The van der Waals surface area contributed by atoms with Gasteiger partial charge in [0.25, 0.3) is 0 Å². The predicted molar refractivity (Wildman–Crippen MR) is 107 cm³/mol. The molecule has 6 nitrogen and oxygen atoms in total. The summed E-state index contributed by atoms with van der Waals surface area (Å²) in [5.74, 6) is 0.0117. The van der Waals surface area contributed by atoms with E-state index in [2.05, 4.69) is 32.2 Å². The van der Waals surface area contributed by atoms with Gasteiger partial charge in [-0.25, -0.2) is 0 Å². The minimum absolute atomic E-state index is 0.00496. The van der Waals surface area contributed by atoms with Crippen LogP contribution in [-0.4, -0.2) is 55.7 Å². The summed E-state index contributed by atoms with van der Waals surface area (Å²) < 4.78 is 7.12. The van der Waals surface area contributed by atoms with E-state index in [0.717, 1.165) is 29.4 Å². The van der Waals surface area contributed by atoms with Crippen LogP contribution >= 0.6 is 0 Å². The first-order chi connectivity index (χ1) is 12.9. The third-order valence-electron chi connectivity index (χ3n) is 6.88. The number of benzene rings is 1. The van der Waals surface area contributed by atoms with Crippen LogP contribution in [0.2, 0.25) is 18.1 Å². The number of carbonyl (C=O) groups excluding carboxylic acids is 2. The zero-order valence-electron chi connectivity index (χ0n) is 16.6. The Balaban J connectivity index is 1.84. The molecule has 7 heteroatoms. The molecule has 0 radical (unpaired) electrons. The molecule has 0 aromatic heterocycles. The van der Waals surface area contributed by atoms with Crippen LogP contribution in [0, 0.1) is 0 Å². The highest BCUT2D eigenvalue weighted by molar-refractivity contribution is 6.73. The lowest BCUT2D eigenvalue weighted by molar-refractivity contribution is -0.153. The lowest BCUT2D eigenvalue weighted by Gasteiger charge is -2.41. The zero-order valence-corrected chi connectivity index (χ0v) is 17.6. The summed E-state index contributed by atoms with van der Waals surface area (Å²) in [5.41, 5.74) is 1.48. The number of fused-ring (bicyclic) bond motifs is 5. The van der Waals surface area contributed by atoms with Crippen molar-refractivity contribution in [1.82, 2.24) is 9.80 Å². The largest absolute Gasteiger partial charge is 0.403 e. The van der Waals surface area contributed by atoms with E-state index in [1.165, 1.54) is 0 Å². The van der Waals surface area contributed by atoms with Gasteiger partial charge in [-0.3, -0.25) is 9.59 Å². The van der Waals surface area contributed by atoms with Gasteiger partial charge in [0.15, 0.2) is 8.32 Å². The molecule has 4 rings (SSSR count). The van der Waals surface area contributed by atoms with Gasteiger partial charge in [0, 0.05) is 24.7 Å². The van der Waals surface area contributed by atoms with Gasteiger partial charge in [0.2, 0.25) is 11.8 Å². The van der Waals surface area contributed by atoms with Crippen molar-refractivity contribution < 1.29 is 14.0 Å². The van der Waals surface area contributed by atoms with E-state index in [1.54, 1.807) is 16.8 Å². The number of likely N-dealkylation sites (N-methyl/N-ethyl adjacent to an activating group) is 1. The van der Waals surface area contributed by atoms with Crippen LogP contribution < -0.4 is 5.32 Å². The average Bonchev–Trinajstić information content (AvgIpc) is 3.15. The second-order valence-corrected chi connectivity index (χ2v) is 12.7. The molecular formula is C20H29N3O3Si. The molecule has 2 saturated heterocycles. The fourth-order valence-corrected chi connectivity index (χ4v) is 8.13. The number of amides is 2. The Hall–Kier alpha value is -1.86. The SMILES string of the molecule is CC[Si](CC)(CC)O[C@]12C[C@H]3C(=O)N(C)CC(=O)N3[C@H]1Nc1ccccc12. The van der Waals surface area contributed by atoms with Gasteiger partial charge in [-0.2, -0.15) is 0 Å². The molecule has 0 spiro atoms. The van der Waals surface area contributed by atoms with E-state index in [9.17, 15) is 9.59 Å². The summed E-state index contributed by atoms with van der Waals surface area (Å²) in [6.07, 6.45) is 0.229. The van der Waals surface area contributed by atoms with Crippen molar-refractivity contribution in [2.24, 2.45) is 0 Å². The normalized spacial score (nSPS) is 29.5. The van der Waals surface area contributed by atoms with E-state index in [-0.39, 0.29) is 24.5 Å². The molecule has 2 amide bonds. The molecule has 3 aliphatic heterocycles. The Morgan fingerprint density at radius 2 is 1.85 bits per heavy atom. The summed E-state index contributed by atoms with van der Waals surface area (Å²) in [6, 6.07) is 10.8. The number of nitrogens with zero attached hydrogens (tertiary/aromatic N) is 2. The lowest BCUT2D eigenvalue weighted by Crippen LogP contribution is -2.60. The van der Waals surface area contributed by atoms with Crippen LogP contribution in [0.4, 0.5) is 5.69 Å². The number of hydrogen-bond donors (Lipinski definition) is 1. The second kappa shape index (κ2) is 6.34. The molecule has 1 aromatic rings. The first-order valence-electron chi connectivity index (χ1n) is 10.0. The highest BCUT2D eigenvalue weighted by Gasteiger charge is 2.64. The van der Waals surface area contributed by atoms with Gasteiger partial charge in [0.05, 0.1) is 6.54 Å². The molecule has 2 fully saturated rings. The van der Waals surface area contributed by atoms with Crippen LogP contribution in [0.3, 0.4) is 0 Å². The van der Waals surface area contributed by atoms with Crippen molar-refractivity contribution in [2.75, 3.05) is 18.9 Å². The number of piperazine rings is 1. The highest BCUT2D eigenvalue weighted by Crippen LogP contribution is 2.54. The van der Waals surface area contributed by atoms with Crippen molar-refractivity contribution in [3.63, 3.8) is 0 Å². The number of nitrogens with one attached hydrogen (secondary N) is 1. The molecule has 27 heavy (non-hydrogen) atoms. The van der Waals surface area contributed by atoms with E-state index >= 15 is 0 Å². The van der Waals surface area contributed by atoms with Crippen LogP contribution in [0.15, 0.2) is 24.3 Å². The Labute approximate surface area is 162 Å². The van der Waals surface area contributed by atoms with E-state index < -0.39 is 20.0 Å². The summed E-state index contributed by atoms with van der Waals surface area (Å²) in [4.78, 5) is 29.1. The van der Waals surface area contributed by atoms with Crippen LogP contribution in [-0.2, 0) is 19.6 Å². The van der Waals surface area contributed by atoms with E-state index in [1.807, 2.05) is 18.2 Å². The number of para-hydroxylation sites is 1. The van der Waals surface area contributed by atoms with Crippen molar-refractivity contribution in [1.29, 1.82) is 0 Å². The molecule has 0 bridgehead atoms. The van der Waals surface area contributed by atoms with Gasteiger partial charge in [-0.1, -0.05) is 39.0 Å². The minimum atomic E-state index is -1.97. The topological polar surface area (TPSA) is 61.9 Å². The fraction of sp³-hybridized carbons (Fsp3) is 0.600. The van der Waals surface area contributed by atoms with Gasteiger partial charge >= 0.3 is 0 Å². The monoisotopic (exact) mass is 387 g/mol. The van der Waals surface area contributed by atoms with Crippen molar-refractivity contribution >= 4 is 25.8 Å². The van der Waals surface area contributed by atoms with E-state index in [4.69, 9.17) is 4.43 Å². The van der Waals surface area contributed by atoms with Crippen LogP contribution in [0.5, 0.6) is 0 Å². The van der Waals surface area contributed by atoms with Gasteiger partial charge in [-0.15, -0.1) is 0 Å². The number of rotatable bonds is 5. The Morgan fingerprint density at radius 1 is 1.19 bits per heavy atom. The van der Waals surface area contributed by atoms with Crippen LogP contribution in [0.25, 0.3) is 0 Å². The lowest BCUT2D eigenvalue weighted by atomic mass is 9.91. The molecule has 1 N–H and O–H groups in total. The Morgan fingerprint density at radius 3 is 2.52 bits per heavy atom. The molecule has 3 heterocycles. The van der Waals surface area contributed by atoms with Gasteiger partial charge in [0.1, 0.15) is 17.8 Å². The maximum atomic E-state index is 12.9. The quantitative estimate of drug-likeness (QED) is 0.789. The maximum Gasteiger partial charge on any atom is 0.245 e. The first kappa shape index (κ1) is 18.5. The number of anilines is 1. The van der Waals surface area contributed by atoms with Crippen molar-refractivity contribution in [3.05, 3.63) is 29.8 Å². The zero-order chi connectivity index (χ0) is 19.4. The highest BCUT2D eigenvalue weighted by atomic mass is 28.4. The molecule has 1 aromatic carbocycles. The van der Waals surface area contributed by atoms with Crippen LogP contribution in [0.1, 0.15) is 32.8 Å². The molecule has 146 valence electrons. The first-order valence-corrected chi connectivity index (χ1v) is 12.6. The summed E-state index contributed by atoms with van der Waals surface area (Å²) in [6.45, 7) is 6.78.